The molecular weight excluding hydrogens is 278 g/mol. The van der Waals surface area contributed by atoms with E-state index in [2.05, 4.69) is 10.3 Å². The lowest BCUT2D eigenvalue weighted by Crippen LogP contribution is -2.41. The van der Waals surface area contributed by atoms with E-state index in [4.69, 9.17) is 5.11 Å². The normalized spacial score (nSPS) is 13.6. The van der Waals surface area contributed by atoms with Gasteiger partial charge in [0.05, 0.1) is 12.1 Å². The van der Waals surface area contributed by atoms with Crippen LogP contribution in [0.3, 0.4) is 0 Å². The average Bonchev–Trinajstić information content (AvgIpc) is 2.57. The van der Waals surface area contributed by atoms with Crippen LogP contribution >= 0.6 is 0 Å². The first-order valence-corrected chi connectivity index (χ1v) is 6.90. The summed E-state index contributed by atoms with van der Waals surface area (Å²) in [5, 5.41) is 12.1. The quantitative estimate of drug-likeness (QED) is 0.913. The summed E-state index contributed by atoms with van der Waals surface area (Å²) >= 11 is 0. The van der Waals surface area contributed by atoms with Crippen LogP contribution in [0.4, 0.5) is 11.4 Å². The highest BCUT2D eigenvalue weighted by Crippen LogP contribution is 2.25. The van der Waals surface area contributed by atoms with E-state index in [1.165, 1.54) is 6.20 Å². The van der Waals surface area contributed by atoms with Gasteiger partial charge in [-0.3, -0.25) is 4.90 Å². The van der Waals surface area contributed by atoms with Crippen LogP contribution in [0.2, 0.25) is 0 Å². The molecule has 22 heavy (non-hydrogen) atoms. The zero-order valence-electron chi connectivity index (χ0n) is 11.8. The van der Waals surface area contributed by atoms with Gasteiger partial charge in [0, 0.05) is 17.6 Å². The first-order chi connectivity index (χ1) is 10.8. The number of rotatable bonds is 3. The number of anilines is 2. The van der Waals surface area contributed by atoms with Crippen molar-refractivity contribution in [1.29, 1.82) is 0 Å². The number of carbonyl (C=O) groups is 1. The number of aliphatic carboxylic acids is 1. The highest BCUT2D eigenvalue weighted by molar-refractivity contribution is 6.04. The van der Waals surface area contributed by atoms with Crippen LogP contribution in [0, 0.1) is 0 Å². The van der Waals surface area contributed by atoms with E-state index in [-0.39, 0.29) is 12.1 Å². The number of nitrogens with one attached hydrogen (secondary N) is 1. The predicted octanol–water partition coefficient (Wildman–Crippen LogP) is 2.75. The highest BCUT2D eigenvalue weighted by Gasteiger charge is 2.20. The van der Waals surface area contributed by atoms with Gasteiger partial charge in [-0.25, -0.2) is 9.79 Å². The van der Waals surface area contributed by atoms with Gasteiger partial charge in [-0.05, 0) is 24.3 Å². The number of aliphatic imine (C=N–C) groups is 1. The molecule has 110 valence electrons. The van der Waals surface area contributed by atoms with E-state index in [1.807, 2.05) is 65.6 Å². The Labute approximate surface area is 128 Å². The number of hydrogen-bond donors (Lipinski definition) is 2. The molecule has 2 N–H and O–H groups in total. The van der Waals surface area contributed by atoms with Crippen molar-refractivity contribution in [3.8, 4) is 0 Å². The Morgan fingerprint density at radius 1 is 1.00 bits per heavy atom. The first-order valence-electron chi connectivity index (χ1n) is 6.90. The predicted molar refractivity (Wildman–Crippen MR) is 86.2 cm³/mol. The minimum atomic E-state index is -0.957. The molecule has 0 amide bonds. The molecule has 1 aliphatic heterocycles. The van der Waals surface area contributed by atoms with Gasteiger partial charge in [0.25, 0.3) is 0 Å². The SMILES string of the molecule is O=C(O)C1=CN=C(N(c2ccccc2)c2ccccc2)NC1. The van der Waals surface area contributed by atoms with Crippen LogP contribution < -0.4 is 10.2 Å². The lowest BCUT2D eigenvalue weighted by atomic mass is 10.2. The second kappa shape index (κ2) is 6.13. The van der Waals surface area contributed by atoms with Crippen molar-refractivity contribution in [2.24, 2.45) is 4.99 Å². The number of carboxylic acid groups (broad SMARTS) is 1. The van der Waals surface area contributed by atoms with E-state index >= 15 is 0 Å². The van der Waals surface area contributed by atoms with Crippen molar-refractivity contribution < 1.29 is 9.90 Å². The van der Waals surface area contributed by atoms with Crippen molar-refractivity contribution in [2.45, 2.75) is 0 Å². The Bertz CT molecular complexity index is 685. The van der Waals surface area contributed by atoms with Gasteiger partial charge < -0.3 is 10.4 Å². The molecule has 0 aliphatic carbocycles. The molecule has 0 aromatic heterocycles. The standard InChI is InChI=1S/C17H15N3O2/c21-16(22)13-11-18-17(19-12-13)20(14-7-3-1-4-8-14)15-9-5-2-6-10-15/h1-11H,12H2,(H,18,19)(H,21,22). The fourth-order valence-corrected chi connectivity index (χ4v) is 2.22. The summed E-state index contributed by atoms with van der Waals surface area (Å²) in [6.45, 7) is 0.240. The van der Waals surface area contributed by atoms with Crippen LogP contribution in [0.25, 0.3) is 0 Å². The molecular formula is C17H15N3O2. The smallest absolute Gasteiger partial charge is 0.334 e. The molecule has 1 heterocycles. The summed E-state index contributed by atoms with van der Waals surface area (Å²) in [4.78, 5) is 17.2. The molecule has 2 aromatic carbocycles. The van der Waals surface area contributed by atoms with Gasteiger partial charge in [0.15, 0.2) is 0 Å². The Balaban J connectivity index is 2.02. The van der Waals surface area contributed by atoms with Crippen molar-refractivity contribution in [2.75, 3.05) is 11.4 Å². The Morgan fingerprint density at radius 3 is 1.95 bits per heavy atom. The third kappa shape index (κ3) is 2.83. The van der Waals surface area contributed by atoms with Crippen LogP contribution in [-0.2, 0) is 4.79 Å². The zero-order chi connectivity index (χ0) is 15.4. The van der Waals surface area contributed by atoms with Crippen molar-refractivity contribution >= 4 is 23.3 Å². The fraction of sp³-hybridized carbons (Fsp3) is 0.0588. The number of para-hydroxylation sites is 2. The molecule has 0 saturated carbocycles. The number of carboxylic acids is 1. The van der Waals surface area contributed by atoms with E-state index in [0.29, 0.717) is 5.96 Å². The van der Waals surface area contributed by atoms with Gasteiger partial charge in [0.1, 0.15) is 0 Å². The van der Waals surface area contributed by atoms with Crippen LogP contribution in [0.1, 0.15) is 0 Å². The van der Waals surface area contributed by atoms with Crippen molar-refractivity contribution in [1.82, 2.24) is 5.32 Å². The van der Waals surface area contributed by atoms with Gasteiger partial charge in [-0.2, -0.15) is 0 Å². The topological polar surface area (TPSA) is 64.9 Å². The fourth-order valence-electron chi connectivity index (χ4n) is 2.22. The maximum Gasteiger partial charge on any atom is 0.334 e. The van der Waals surface area contributed by atoms with Crippen molar-refractivity contribution in [3.63, 3.8) is 0 Å². The first kappa shape index (κ1) is 13.9. The lowest BCUT2D eigenvalue weighted by Gasteiger charge is -2.28. The molecule has 3 rings (SSSR count). The van der Waals surface area contributed by atoms with Crippen LogP contribution in [0.5, 0.6) is 0 Å². The van der Waals surface area contributed by atoms with E-state index in [0.717, 1.165) is 11.4 Å². The van der Waals surface area contributed by atoms with E-state index in [9.17, 15) is 4.79 Å². The number of hydrogen-bond acceptors (Lipinski definition) is 4. The molecule has 0 radical (unpaired) electrons. The molecule has 5 heteroatoms. The maximum atomic E-state index is 11.0. The molecule has 5 nitrogen and oxygen atoms in total. The number of guanidine groups is 1. The van der Waals surface area contributed by atoms with Crippen LogP contribution in [0.15, 0.2) is 77.4 Å². The summed E-state index contributed by atoms with van der Waals surface area (Å²) in [5.74, 6) is -0.358. The van der Waals surface area contributed by atoms with Crippen LogP contribution in [-0.4, -0.2) is 23.6 Å². The summed E-state index contributed by atoms with van der Waals surface area (Å²) in [6, 6.07) is 19.6. The second-order valence-electron chi connectivity index (χ2n) is 4.77. The Hall–Kier alpha value is -3.08. The highest BCUT2D eigenvalue weighted by atomic mass is 16.4. The summed E-state index contributed by atoms with van der Waals surface area (Å²) in [6.07, 6.45) is 1.40. The lowest BCUT2D eigenvalue weighted by molar-refractivity contribution is -0.132. The van der Waals surface area contributed by atoms with E-state index < -0.39 is 5.97 Å². The third-order valence-electron chi connectivity index (χ3n) is 3.29. The maximum absolute atomic E-state index is 11.0. The molecule has 1 aliphatic rings. The summed E-state index contributed by atoms with van der Waals surface area (Å²) in [7, 11) is 0. The summed E-state index contributed by atoms with van der Waals surface area (Å²) in [5.41, 5.74) is 2.14. The zero-order valence-corrected chi connectivity index (χ0v) is 11.8. The molecule has 0 bridgehead atoms. The van der Waals surface area contributed by atoms with Gasteiger partial charge in [0.2, 0.25) is 5.96 Å². The Kier molecular flexibility index (Phi) is 3.87. The molecule has 0 unspecified atom stereocenters. The minimum Gasteiger partial charge on any atom is -0.478 e. The minimum absolute atomic E-state index is 0.240. The van der Waals surface area contributed by atoms with Gasteiger partial charge in [-0.15, -0.1) is 0 Å². The van der Waals surface area contributed by atoms with Gasteiger partial charge >= 0.3 is 5.97 Å². The molecule has 0 fully saturated rings. The van der Waals surface area contributed by atoms with Gasteiger partial charge in [-0.1, -0.05) is 36.4 Å². The van der Waals surface area contributed by atoms with Crippen molar-refractivity contribution in [3.05, 3.63) is 72.4 Å². The average molecular weight is 293 g/mol. The van der Waals surface area contributed by atoms with E-state index in [1.54, 1.807) is 0 Å². The largest absolute Gasteiger partial charge is 0.478 e. The third-order valence-corrected chi connectivity index (χ3v) is 3.29. The molecule has 0 saturated heterocycles. The second-order valence-corrected chi connectivity index (χ2v) is 4.77. The molecule has 0 spiro atoms. The molecule has 0 atom stereocenters. The number of benzene rings is 2. The summed E-state index contributed by atoms with van der Waals surface area (Å²) < 4.78 is 0. The number of nitrogens with zero attached hydrogens (tertiary/aromatic N) is 2. The monoisotopic (exact) mass is 293 g/mol. The molecule has 2 aromatic rings. The Morgan fingerprint density at radius 2 is 1.55 bits per heavy atom.